The quantitative estimate of drug-likeness (QED) is 0.740. The zero-order valence-electron chi connectivity index (χ0n) is 12.1. The topological polar surface area (TPSA) is 50.7 Å². The van der Waals surface area contributed by atoms with Gasteiger partial charge in [0, 0.05) is 19.7 Å². The van der Waals surface area contributed by atoms with Gasteiger partial charge in [-0.1, -0.05) is 6.92 Å². The van der Waals surface area contributed by atoms with Crippen LogP contribution in [0.15, 0.2) is 0 Å². The van der Waals surface area contributed by atoms with Crippen LogP contribution in [0.4, 0.5) is 0 Å². The van der Waals surface area contributed by atoms with Crippen LogP contribution in [-0.4, -0.2) is 49.7 Å². The minimum Gasteiger partial charge on any atom is -0.389 e. The summed E-state index contributed by atoms with van der Waals surface area (Å²) in [5.41, 5.74) is 0. The lowest BCUT2D eigenvalue weighted by Gasteiger charge is -2.27. The monoisotopic (exact) mass is 271 g/mol. The van der Waals surface area contributed by atoms with E-state index in [0.717, 1.165) is 44.8 Å². The van der Waals surface area contributed by atoms with E-state index in [1.54, 1.807) is 0 Å². The lowest BCUT2D eigenvalue weighted by molar-refractivity contribution is -0.0284. The predicted molar refractivity (Wildman–Crippen MR) is 75.2 cm³/mol. The fourth-order valence-corrected chi connectivity index (χ4v) is 2.92. The van der Waals surface area contributed by atoms with Crippen molar-refractivity contribution in [2.45, 2.75) is 63.8 Å². The Balaban J connectivity index is 1.48. The van der Waals surface area contributed by atoms with Gasteiger partial charge in [0.15, 0.2) is 0 Å². The Morgan fingerprint density at radius 2 is 2.05 bits per heavy atom. The van der Waals surface area contributed by atoms with Crippen LogP contribution in [0.25, 0.3) is 0 Å². The molecule has 2 unspecified atom stereocenters. The molecule has 2 aliphatic rings. The summed E-state index contributed by atoms with van der Waals surface area (Å²) in [6.45, 7) is 5.09. The van der Waals surface area contributed by atoms with Crippen molar-refractivity contribution in [3.8, 4) is 0 Å². The summed E-state index contributed by atoms with van der Waals surface area (Å²) in [4.78, 5) is 0. The molecule has 19 heavy (non-hydrogen) atoms. The minimum absolute atomic E-state index is 0.341. The molecular weight excluding hydrogens is 242 g/mol. The summed E-state index contributed by atoms with van der Waals surface area (Å²) in [5, 5.41) is 13.1. The van der Waals surface area contributed by atoms with Crippen molar-refractivity contribution >= 4 is 0 Å². The fourth-order valence-electron chi connectivity index (χ4n) is 2.92. The molecule has 2 atom stereocenters. The van der Waals surface area contributed by atoms with Gasteiger partial charge < -0.3 is 19.9 Å². The van der Waals surface area contributed by atoms with Gasteiger partial charge in [-0.25, -0.2) is 0 Å². The summed E-state index contributed by atoms with van der Waals surface area (Å²) in [7, 11) is 0. The second-order valence-corrected chi connectivity index (χ2v) is 6.16. The van der Waals surface area contributed by atoms with Crippen molar-refractivity contribution in [2.75, 3.05) is 26.3 Å². The van der Waals surface area contributed by atoms with Crippen molar-refractivity contribution in [1.29, 1.82) is 0 Å². The molecule has 1 saturated heterocycles. The summed E-state index contributed by atoms with van der Waals surface area (Å²) in [5.74, 6) is 0.845. The first-order valence-electron chi connectivity index (χ1n) is 7.86. The zero-order chi connectivity index (χ0) is 13.5. The first kappa shape index (κ1) is 15.2. The molecular formula is C15H29NO3. The Labute approximate surface area is 116 Å². The fraction of sp³-hybridized carbons (Fsp3) is 1.00. The van der Waals surface area contributed by atoms with Crippen molar-refractivity contribution in [3.63, 3.8) is 0 Å². The molecule has 0 aromatic carbocycles. The van der Waals surface area contributed by atoms with Gasteiger partial charge in [0.25, 0.3) is 0 Å². The third kappa shape index (κ3) is 5.78. The van der Waals surface area contributed by atoms with Gasteiger partial charge in [0.1, 0.15) is 0 Å². The maximum Gasteiger partial charge on any atom is 0.0897 e. The minimum atomic E-state index is -0.402. The van der Waals surface area contributed by atoms with Crippen molar-refractivity contribution in [3.05, 3.63) is 0 Å². The molecule has 0 aromatic rings. The van der Waals surface area contributed by atoms with E-state index in [4.69, 9.17) is 9.47 Å². The van der Waals surface area contributed by atoms with Crippen LogP contribution < -0.4 is 5.32 Å². The number of hydrogen-bond acceptors (Lipinski definition) is 4. The van der Waals surface area contributed by atoms with Gasteiger partial charge in [0.05, 0.1) is 24.9 Å². The average molecular weight is 271 g/mol. The van der Waals surface area contributed by atoms with Crippen molar-refractivity contribution in [1.82, 2.24) is 5.32 Å². The van der Waals surface area contributed by atoms with Crippen LogP contribution in [0.2, 0.25) is 0 Å². The summed E-state index contributed by atoms with van der Waals surface area (Å²) >= 11 is 0. The standard InChI is InChI=1S/C15H29NO3/c1-12-4-6-14(7-5-12)19-11-13(17)9-16-10-15-3-2-8-18-15/h12-17H,2-11H2,1H3. The molecule has 1 aliphatic carbocycles. The van der Waals surface area contributed by atoms with Gasteiger partial charge in [0.2, 0.25) is 0 Å². The molecule has 112 valence electrons. The predicted octanol–water partition coefficient (Wildman–Crippen LogP) is 1.71. The van der Waals surface area contributed by atoms with E-state index in [9.17, 15) is 5.11 Å². The van der Waals surface area contributed by atoms with Crippen LogP contribution in [0.3, 0.4) is 0 Å². The van der Waals surface area contributed by atoms with Gasteiger partial charge in [-0.2, -0.15) is 0 Å². The lowest BCUT2D eigenvalue weighted by Crippen LogP contribution is -2.36. The number of aliphatic hydroxyl groups excluding tert-OH is 1. The average Bonchev–Trinajstić information content (AvgIpc) is 2.91. The molecule has 1 heterocycles. The molecule has 4 heteroatoms. The lowest BCUT2D eigenvalue weighted by atomic mass is 9.89. The van der Waals surface area contributed by atoms with E-state index in [1.165, 1.54) is 12.8 Å². The number of nitrogens with one attached hydrogen (secondary N) is 1. The number of ether oxygens (including phenoxy) is 2. The summed E-state index contributed by atoms with van der Waals surface area (Å²) in [6.07, 6.45) is 7.43. The third-order valence-electron chi connectivity index (χ3n) is 4.26. The smallest absolute Gasteiger partial charge is 0.0897 e. The Bertz CT molecular complexity index is 236. The van der Waals surface area contributed by atoms with Crippen LogP contribution >= 0.6 is 0 Å². The zero-order valence-corrected chi connectivity index (χ0v) is 12.1. The normalized spacial score (nSPS) is 33.5. The number of rotatable bonds is 7. The second kappa shape index (κ2) is 8.20. The van der Waals surface area contributed by atoms with E-state index in [2.05, 4.69) is 12.2 Å². The van der Waals surface area contributed by atoms with Gasteiger partial charge in [-0.15, -0.1) is 0 Å². The maximum absolute atomic E-state index is 9.88. The molecule has 0 bridgehead atoms. The molecule has 4 nitrogen and oxygen atoms in total. The Morgan fingerprint density at radius 3 is 2.74 bits per heavy atom. The van der Waals surface area contributed by atoms with Crippen molar-refractivity contribution in [2.24, 2.45) is 5.92 Å². The van der Waals surface area contributed by atoms with E-state index in [1.807, 2.05) is 0 Å². The number of hydrogen-bond donors (Lipinski definition) is 2. The number of aliphatic hydroxyl groups is 1. The molecule has 0 radical (unpaired) electrons. The van der Waals surface area contributed by atoms with E-state index in [-0.39, 0.29) is 0 Å². The van der Waals surface area contributed by atoms with Gasteiger partial charge in [-0.3, -0.25) is 0 Å². The molecule has 0 spiro atoms. The second-order valence-electron chi connectivity index (χ2n) is 6.16. The van der Waals surface area contributed by atoms with Crippen molar-refractivity contribution < 1.29 is 14.6 Å². The van der Waals surface area contributed by atoms with E-state index >= 15 is 0 Å². The van der Waals surface area contributed by atoms with Gasteiger partial charge in [-0.05, 0) is 44.4 Å². The maximum atomic E-state index is 9.88. The van der Waals surface area contributed by atoms with E-state index in [0.29, 0.717) is 25.4 Å². The Morgan fingerprint density at radius 1 is 1.26 bits per heavy atom. The molecule has 2 rings (SSSR count). The van der Waals surface area contributed by atoms with Crippen LogP contribution in [-0.2, 0) is 9.47 Å². The SMILES string of the molecule is CC1CCC(OCC(O)CNCC2CCCO2)CC1. The molecule has 0 aromatic heterocycles. The molecule has 1 saturated carbocycles. The Kier molecular flexibility index (Phi) is 6.57. The highest BCUT2D eigenvalue weighted by Gasteiger charge is 2.20. The largest absolute Gasteiger partial charge is 0.389 e. The highest BCUT2D eigenvalue weighted by atomic mass is 16.5. The summed E-state index contributed by atoms with van der Waals surface area (Å²) < 4.78 is 11.3. The first-order valence-corrected chi connectivity index (χ1v) is 7.86. The Hall–Kier alpha value is -0.160. The van der Waals surface area contributed by atoms with Crippen LogP contribution in [0, 0.1) is 5.92 Å². The van der Waals surface area contributed by atoms with Crippen LogP contribution in [0.1, 0.15) is 45.4 Å². The van der Waals surface area contributed by atoms with Gasteiger partial charge >= 0.3 is 0 Å². The summed E-state index contributed by atoms with van der Waals surface area (Å²) in [6, 6.07) is 0. The van der Waals surface area contributed by atoms with Crippen LogP contribution in [0.5, 0.6) is 0 Å². The van der Waals surface area contributed by atoms with E-state index < -0.39 is 6.10 Å². The molecule has 1 aliphatic heterocycles. The third-order valence-corrected chi connectivity index (χ3v) is 4.26. The highest BCUT2D eigenvalue weighted by Crippen LogP contribution is 2.25. The highest BCUT2D eigenvalue weighted by molar-refractivity contribution is 4.72. The molecule has 2 fully saturated rings. The molecule has 0 amide bonds. The molecule has 2 N–H and O–H groups in total. The first-order chi connectivity index (χ1) is 9.24.